The van der Waals surface area contributed by atoms with Crippen molar-refractivity contribution >= 4 is 23.3 Å². The molecule has 0 bridgehead atoms. The summed E-state index contributed by atoms with van der Waals surface area (Å²) in [6.07, 6.45) is 6.78. The van der Waals surface area contributed by atoms with Gasteiger partial charge in [0.2, 0.25) is 5.91 Å². The lowest BCUT2D eigenvalue weighted by atomic mass is 9.88. The SMILES string of the molecule is O=C(/C=C/c1cccs1)N[C@@H]1CCCc2ccccc21. The summed E-state index contributed by atoms with van der Waals surface area (Å²) in [5, 5.41) is 5.13. The quantitative estimate of drug-likeness (QED) is 0.849. The third kappa shape index (κ3) is 2.99. The first-order chi connectivity index (χ1) is 9.83. The van der Waals surface area contributed by atoms with Crippen LogP contribution in [0.5, 0.6) is 0 Å². The fourth-order valence-electron chi connectivity index (χ4n) is 2.67. The second kappa shape index (κ2) is 6.06. The fourth-order valence-corrected chi connectivity index (χ4v) is 3.29. The van der Waals surface area contributed by atoms with Gasteiger partial charge in [-0.1, -0.05) is 30.3 Å². The number of hydrogen-bond acceptors (Lipinski definition) is 2. The van der Waals surface area contributed by atoms with Gasteiger partial charge in [-0.2, -0.15) is 0 Å². The molecule has 1 aliphatic rings. The molecule has 0 spiro atoms. The number of carbonyl (C=O) groups excluding carboxylic acids is 1. The lowest BCUT2D eigenvalue weighted by molar-refractivity contribution is -0.117. The average molecular weight is 283 g/mol. The van der Waals surface area contributed by atoms with E-state index in [-0.39, 0.29) is 11.9 Å². The number of benzene rings is 1. The summed E-state index contributed by atoms with van der Waals surface area (Å²) in [5.74, 6) is -0.0138. The summed E-state index contributed by atoms with van der Waals surface area (Å²) in [5.41, 5.74) is 2.64. The van der Waals surface area contributed by atoms with Crippen LogP contribution in [0.4, 0.5) is 0 Å². The van der Waals surface area contributed by atoms with Crippen LogP contribution in [-0.4, -0.2) is 5.91 Å². The maximum absolute atomic E-state index is 12.0. The molecule has 3 heteroatoms. The number of fused-ring (bicyclic) bond motifs is 1. The van der Waals surface area contributed by atoms with Crippen molar-refractivity contribution in [2.75, 3.05) is 0 Å². The van der Waals surface area contributed by atoms with E-state index in [0.717, 1.165) is 24.1 Å². The number of nitrogens with one attached hydrogen (secondary N) is 1. The van der Waals surface area contributed by atoms with Crippen molar-refractivity contribution in [3.63, 3.8) is 0 Å². The third-order valence-electron chi connectivity index (χ3n) is 3.63. The number of rotatable bonds is 3. The molecular weight excluding hydrogens is 266 g/mol. The Labute approximate surface area is 123 Å². The molecule has 1 atom stereocenters. The van der Waals surface area contributed by atoms with Crippen molar-refractivity contribution < 1.29 is 4.79 Å². The summed E-state index contributed by atoms with van der Waals surface area (Å²) >= 11 is 1.63. The molecule has 2 aromatic rings. The Balaban J connectivity index is 1.68. The highest BCUT2D eigenvalue weighted by atomic mass is 32.1. The second-order valence-corrected chi connectivity index (χ2v) is 5.98. The first kappa shape index (κ1) is 13.1. The third-order valence-corrected chi connectivity index (χ3v) is 4.47. The molecule has 1 heterocycles. The summed E-state index contributed by atoms with van der Waals surface area (Å²) < 4.78 is 0. The highest BCUT2D eigenvalue weighted by Gasteiger charge is 2.20. The standard InChI is InChI=1S/C17H17NOS/c19-17(11-10-14-7-4-12-20-14)18-16-9-3-6-13-5-1-2-8-15(13)16/h1-2,4-5,7-8,10-12,16H,3,6,9H2,(H,18,19)/b11-10+/t16-/m1/s1. The maximum atomic E-state index is 12.0. The molecule has 1 aromatic heterocycles. The van der Waals surface area contributed by atoms with Crippen LogP contribution in [0.25, 0.3) is 6.08 Å². The Bertz CT molecular complexity index is 616. The van der Waals surface area contributed by atoms with Crippen molar-refractivity contribution in [3.05, 3.63) is 63.9 Å². The normalized spacial score (nSPS) is 17.9. The van der Waals surface area contributed by atoms with Gasteiger partial charge in [-0.15, -0.1) is 11.3 Å². The van der Waals surface area contributed by atoms with E-state index in [0.29, 0.717) is 0 Å². The minimum Gasteiger partial charge on any atom is -0.346 e. The lowest BCUT2D eigenvalue weighted by Crippen LogP contribution is -2.29. The minimum absolute atomic E-state index is 0.0138. The van der Waals surface area contributed by atoms with E-state index in [4.69, 9.17) is 0 Å². The molecule has 20 heavy (non-hydrogen) atoms. The van der Waals surface area contributed by atoms with Crippen LogP contribution >= 0.6 is 11.3 Å². The summed E-state index contributed by atoms with van der Waals surface area (Å²) in [7, 11) is 0. The van der Waals surface area contributed by atoms with Gasteiger partial charge in [0, 0.05) is 11.0 Å². The Kier molecular flexibility index (Phi) is 3.97. The summed E-state index contributed by atoms with van der Waals surface area (Å²) in [4.78, 5) is 13.1. The van der Waals surface area contributed by atoms with Gasteiger partial charge in [0.15, 0.2) is 0 Å². The van der Waals surface area contributed by atoms with Crippen molar-refractivity contribution in [1.82, 2.24) is 5.32 Å². The van der Waals surface area contributed by atoms with E-state index < -0.39 is 0 Å². The molecule has 0 unspecified atom stereocenters. The van der Waals surface area contributed by atoms with Gasteiger partial charge in [-0.3, -0.25) is 4.79 Å². The van der Waals surface area contributed by atoms with E-state index in [1.165, 1.54) is 11.1 Å². The first-order valence-corrected chi connectivity index (χ1v) is 7.81. The number of carbonyl (C=O) groups is 1. The zero-order valence-electron chi connectivity index (χ0n) is 11.2. The number of hydrogen-bond donors (Lipinski definition) is 1. The molecule has 1 amide bonds. The Morgan fingerprint density at radius 2 is 2.15 bits per heavy atom. The Morgan fingerprint density at radius 3 is 3.00 bits per heavy atom. The predicted molar refractivity (Wildman–Crippen MR) is 83.6 cm³/mol. The molecule has 0 fully saturated rings. The molecule has 3 rings (SSSR count). The van der Waals surface area contributed by atoms with Gasteiger partial charge in [0.25, 0.3) is 0 Å². The second-order valence-electron chi connectivity index (χ2n) is 5.00. The summed E-state index contributed by atoms with van der Waals surface area (Å²) in [6.45, 7) is 0. The highest BCUT2D eigenvalue weighted by molar-refractivity contribution is 7.10. The fraction of sp³-hybridized carbons (Fsp3) is 0.235. The van der Waals surface area contributed by atoms with Crippen molar-refractivity contribution in [2.45, 2.75) is 25.3 Å². The smallest absolute Gasteiger partial charge is 0.244 e. The molecule has 1 aliphatic carbocycles. The number of amides is 1. The number of thiophene rings is 1. The van der Waals surface area contributed by atoms with Gasteiger partial charge >= 0.3 is 0 Å². The van der Waals surface area contributed by atoms with Gasteiger partial charge < -0.3 is 5.32 Å². The molecule has 0 aliphatic heterocycles. The monoisotopic (exact) mass is 283 g/mol. The molecule has 1 aromatic carbocycles. The molecule has 0 saturated carbocycles. The van der Waals surface area contributed by atoms with E-state index in [9.17, 15) is 4.79 Å². The van der Waals surface area contributed by atoms with E-state index in [1.807, 2.05) is 29.7 Å². The van der Waals surface area contributed by atoms with Gasteiger partial charge in [-0.25, -0.2) is 0 Å². The van der Waals surface area contributed by atoms with Crippen molar-refractivity contribution in [3.8, 4) is 0 Å². The van der Waals surface area contributed by atoms with Crippen LogP contribution in [0.1, 0.15) is 34.9 Å². The van der Waals surface area contributed by atoms with Crippen LogP contribution in [0.2, 0.25) is 0 Å². The average Bonchev–Trinajstić information content (AvgIpc) is 2.99. The molecule has 0 radical (unpaired) electrons. The molecule has 102 valence electrons. The first-order valence-electron chi connectivity index (χ1n) is 6.93. The van der Waals surface area contributed by atoms with Gasteiger partial charge in [-0.05, 0) is 47.9 Å². The predicted octanol–water partition coefficient (Wildman–Crippen LogP) is 3.96. The van der Waals surface area contributed by atoms with Crippen LogP contribution in [0, 0.1) is 0 Å². The molecular formula is C17H17NOS. The van der Waals surface area contributed by atoms with Crippen LogP contribution in [0.3, 0.4) is 0 Å². The Morgan fingerprint density at radius 1 is 1.25 bits per heavy atom. The van der Waals surface area contributed by atoms with Gasteiger partial charge in [0.05, 0.1) is 6.04 Å². The van der Waals surface area contributed by atoms with Crippen molar-refractivity contribution in [1.29, 1.82) is 0 Å². The highest BCUT2D eigenvalue weighted by Crippen LogP contribution is 2.29. The van der Waals surface area contributed by atoms with Gasteiger partial charge in [0.1, 0.15) is 0 Å². The van der Waals surface area contributed by atoms with Crippen LogP contribution < -0.4 is 5.32 Å². The minimum atomic E-state index is -0.0138. The summed E-state index contributed by atoms with van der Waals surface area (Å²) in [6, 6.07) is 12.5. The number of aryl methyl sites for hydroxylation is 1. The van der Waals surface area contributed by atoms with Crippen molar-refractivity contribution in [2.24, 2.45) is 0 Å². The topological polar surface area (TPSA) is 29.1 Å². The zero-order chi connectivity index (χ0) is 13.8. The molecule has 0 saturated heterocycles. The van der Waals surface area contributed by atoms with E-state index in [2.05, 4.69) is 23.5 Å². The van der Waals surface area contributed by atoms with E-state index >= 15 is 0 Å². The maximum Gasteiger partial charge on any atom is 0.244 e. The zero-order valence-corrected chi connectivity index (χ0v) is 12.0. The van der Waals surface area contributed by atoms with E-state index in [1.54, 1.807) is 17.4 Å². The van der Waals surface area contributed by atoms with Crippen LogP contribution in [-0.2, 0) is 11.2 Å². The molecule has 1 N–H and O–H groups in total. The lowest BCUT2D eigenvalue weighted by Gasteiger charge is -2.25. The Hall–Kier alpha value is -1.87. The molecule has 2 nitrogen and oxygen atoms in total. The largest absolute Gasteiger partial charge is 0.346 e. The van der Waals surface area contributed by atoms with Crippen LogP contribution in [0.15, 0.2) is 47.9 Å².